The lowest BCUT2D eigenvalue weighted by Gasteiger charge is -2.29. The highest BCUT2D eigenvalue weighted by atomic mass is 16.5. The molecule has 0 radical (unpaired) electrons. The van der Waals surface area contributed by atoms with Gasteiger partial charge in [0.25, 0.3) is 0 Å². The van der Waals surface area contributed by atoms with Gasteiger partial charge in [0, 0.05) is 25.0 Å². The number of esters is 2. The maximum Gasteiger partial charge on any atom is 0.330 e. The lowest BCUT2D eigenvalue weighted by molar-refractivity contribution is -0.139. The molecule has 6 nitrogen and oxygen atoms in total. The summed E-state index contributed by atoms with van der Waals surface area (Å²) in [6, 6.07) is 8.26. The Kier molecular flexibility index (Phi) is 10.7. The molecule has 0 N–H and O–H groups in total. The Morgan fingerprint density at radius 2 is 1.40 bits per heavy atom. The molecule has 1 aromatic carbocycles. The van der Waals surface area contributed by atoms with E-state index in [1.54, 1.807) is 0 Å². The lowest BCUT2D eigenvalue weighted by atomic mass is 9.83. The average Bonchev–Trinajstić information content (AvgIpc) is 2.79. The molecule has 1 aromatic rings. The minimum atomic E-state index is -0.409. The van der Waals surface area contributed by atoms with Gasteiger partial charge >= 0.3 is 11.9 Å². The molecule has 0 aliphatic heterocycles. The zero-order valence-corrected chi connectivity index (χ0v) is 17.6. The van der Waals surface area contributed by atoms with Crippen molar-refractivity contribution in [2.24, 2.45) is 0 Å². The van der Waals surface area contributed by atoms with Crippen molar-refractivity contribution in [3.63, 3.8) is 0 Å². The third kappa shape index (κ3) is 8.82. The van der Waals surface area contributed by atoms with Crippen LogP contribution in [0.1, 0.15) is 50.0 Å². The second-order valence-corrected chi connectivity index (χ2v) is 7.21. The quantitative estimate of drug-likeness (QED) is 0.271. The number of ether oxygens (including phenoxy) is 4. The predicted octanol–water partition coefficient (Wildman–Crippen LogP) is 4.35. The van der Waals surface area contributed by atoms with Gasteiger partial charge < -0.3 is 18.9 Å². The van der Waals surface area contributed by atoms with Crippen molar-refractivity contribution in [2.45, 2.75) is 50.5 Å². The molecule has 2 rings (SSSR count). The Morgan fingerprint density at radius 1 is 0.833 bits per heavy atom. The zero-order valence-electron chi connectivity index (χ0n) is 17.6. The van der Waals surface area contributed by atoms with Gasteiger partial charge in [-0.15, -0.1) is 0 Å². The number of carbonyl (C=O) groups is 2. The van der Waals surface area contributed by atoms with E-state index in [1.165, 1.54) is 11.6 Å². The zero-order chi connectivity index (χ0) is 21.6. The fraction of sp³-hybridized carbons (Fsp3) is 0.500. The number of rotatable bonds is 13. The van der Waals surface area contributed by atoms with Crippen LogP contribution in [0, 0.1) is 0 Å². The van der Waals surface area contributed by atoms with Gasteiger partial charge in [0.2, 0.25) is 0 Å². The highest BCUT2D eigenvalue weighted by Crippen LogP contribution is 2.34. The molecule has 0 saturated heterocycles. The first kappa shape index (κ1) is 23.7. The van der Waals surface area contributed by atoms with E-state index in [0.29, 0.717) is 45.2 Å². The van der Waals surface area contributed by atoms with Gasteiger partial charge in [0.15, 0.2) is 0 Å². The van der Waals surface area contributed by atoms with E-state index in [4.69, 9.17) is 18.9 Å². The van der Waals surface area contributed by atoms with Gasteiger partial charge in [-0.2, -0.15) is 0 Å². The van der Waals surface area contributed by atoms with E-state index < -0.39 is 5.97 Å². The summed E-state index contributed by atoms with van der Waals surface area (Å²) in [6.07, 6.45) is 8.25. The van der Waals surface area contributed by atoms with Crippen molar-refractivity contribution >= 4 is 11.9 Å². The van der Waals surface area contributed by atoms with Crippen molar-refractivity contribution in [1.29, 1.82) is 0 Å². The Hall–Kier alpha value is -2.60. The summed E-state index contributed by atoms with van der Waals surface area (Å²) in [6.45, 7) is 8.53. The first-order valence-corrected chi connectivity index (χ1v) is 10.5. The van der Waals surface area contributed by atoms with Crippen LogP contribution in [0.25, 0.3) is 0 Å². The van der Waals surface area contributed by atoms with Crippen LogP contribution in [-0.2, 0) is 23.8 Å². The second-order valence-electron chi connectivity index (χ2n) is 7.21. The molecule has 0 heterocycles. The molecule has 6 heteroatoms. The van der Waals surface area contributed by atoms with Crippen LogP contribution < -0.4 is 4.74 Å². The molecular formula is C24H32O6. The summed E-state index contributed by atoms with van der Waals surface area (Å²) in [5, 5.41) is 0. The summed E-state index contributed by atoms with van der Waals surface area (Å²) < 4.78 is 21.5. The van der Waals surface area contributed by atoms with Crippen LogP contribution in [0.5, 0.6) is 5.75 Å². The molecule has 0 spiro atoms. The average molecular weight is 417 g/mol. The van der Waals surface area contributed by atoms with E-state index in [0.717, 1.165) is 37.5 Å². The summed E-state index contributed by atoms with van der Waals surface area (Å²) >= 11 is 0. The molecule has 1 aliphatic carbocycles. The van der Waals surface area contributed by atoms with Gasteiger partial charge in [-0.3, -0.25) is 0 Å². The minimum absolute atomic E-state index is 0.286. The largest absolute Gasteiger partial charge is 0.493 e. The number of hydrogen-bond donors (Lipinski definition) is 0. The van der Waals surface area contributed by atoms with Crippen LogP contribution in [0.3, 0.4) is 0 Å². The SMILES string of the molecule is C=CC(=O)OCCCOc1ccc(C2CCC(OCCCOC(=O)C=C)CC2)cc1. The van der Waals surface area contributed by atoms with Crippen molar-refractivity contribution in [3.8, 4) is 5.75 Å². The van der Waals surface area contributed by atoms with E-state index in [1.807, 2.05) is 12.1 Å². The fourth-order valence-electron chi connectivity index (χ4n) is 3.42. The third-order valence-electron chi connectivity index (χ3n) is 5.05. The molecule has 164 valence electrons. The third-order valence-corrected chi connectivity index (χ3v) is 5.05. The monoisotopic (exact) mass is 416 g/mol. The molecule has 1 fully saturated rings. The first-order chi connectivity index (χ1) is 14.6. The number of hydrogen-bond acceptors (Lipinski definition) is 6. The van der Waals surface area contributed by atoms with Crippen LogP contribution in [0.15, 0.2) is 49.6 Å². The van der Waals surface area contributed by atoms with Gasteiger partial charge in [-0.25, -0.2) is 9.59 Å². The van der Waals surface area contributed by atoms with Crippen LogP contribution in [-0.4, -0.2) is 44.5 Å². The fourth-order valence-corrected chi connectivity index (χ4v) is 3.42. The van der Waals surface area contributed by atoms with E-state index in [2.05, 4.69) is 25.3 Å². The summed E-state index contributed by atoms with van der Waals surface area (Å²) in [5.41, 5.74) is 1.33. The van der Waals surface area contributed by atoms with E-state index >= 15 is 0 Å². The molecule has 0 aromatic heterocycles. The maximum absolute atomic E-state index is 11.0. The van der Waals surface area contributed by atoms with Gasteiger partial charge in [0.1, 0.15) is 5.75 Å². The minimum Gasteiger partial charge on any atom is -0.493 e. The molecular weight excluding hydrogens is 384 g/mol. The predicted molar refractivity (Wildman–Crippen MR) is 114 cm³/mol. The van der Waals surface area contributed by atoms with Gasteiger partial charge in [-0.1, -0.05) is 25.3 Å². The van der Waals surface area contributed by atoms with Crippen molar-refractivity contribution in [3.05, 3.63) is 55.1 Å². The van der Waals surface area contributed by atoms with Crippen LogP contribution in [0.4, 0.5) is 0 Å². The molecule has 30 heavy (non-hydrogen) atoms. The number of benzene rings is 1. The van der Waals surface area contributed by atoms with Gasteiger partial charge in [0.05, 0.1) is 32.5 Å². The maximum atomic E-state index is 11.0. The van der Waals surface area contributed by atoms with Crippen molar-refractivity contribution in [1.82, 2.24) is 0 Å². The van der Waals surface area contributed by atoms with Crippen LogP contribution in [0.2, 0.25) is 0 Å². The summed E-state index contributed by atoms with van der Waals surface area (Å²) in [5.74, 6) is 0.572. The molecule has 0 unspecified atom stereocenters. The van der Waals surface area contributed by atoms with Crippen molar-refractivity contribution < 1.29 is 28.5 Å². The lowest BCUT2D eigenvalue weighted by Crippen LogP contribution is -2.21. The highest BCUT2D eigenvalue weighted by Gasteiger charge is 2.22. The van der Waals surface area contributed by atoms with Gasteiger partial charge in [-0.05, 0) is 49.3 Å². The smallest absolute Gasteiger partial charge is 0.330 e. The van der Waals surface area contributed by atoms with Crippen LogP contribution >= 0.6 is 0 Å². The Morgan fingerprint density at radius 3 is 1.97 bits per heavy atom. The molecule has 1 saturated carbocycles. The normalized spacial score (nSPS) is 18.3. The Labute approximate surface area is 178 Å². The second kappa shape index (κ2) is 13.6. The highest BCUT2D eigenvalue weighted by molar-refractivity contribution is 5.81. The Bertz CT molecular complexity index is 673. The van der Waals surface area contributed by atoms with Crippen molar-refractivity contribution in [2.75, 3.05) is 26.4 Å². The number of carbonyl (C=O) groups excluding carboxylic acids is 2. The molecule has 0 amide bonds. The summed E-state index contributed by atoms with van der Waals surface area (Å²) in [7, 11) is 0. The molecule has 1 aliphatic rings. The standard InChI is InChI=1S/C24H32O6/c1-3-23(25)29-17-5-15-27-21-11-7-19(8-12-21)20-9-13-22(14-10-20)28-16-6-18-30-24(26)4-2/h3-4,7-8,11-12,20,22H,1-2,5-6,9-10,13-18H2. The molecule has 0 bridgehead atoms. The Balaban J connectivity index is 1.60. The first-order valence-electron chi connectivity index (χ1n) is 10.5. The summed E-state index contributed by atoms with van der Waals surface area (Å²) in [4.78, 5) is 21.9. The topological polar surface area (TPSA) is 71.1 Å². The molecule has 0 atom stereocenters. The van der Waals surface area contributed by atoms with E-state index in [-0.39, 0.29) is 12.1 Å². The van der Waals surface area contributed by atoms with E-state index in [9.17, 15) is 9.59 Å².